The van der Waals surface area contributed by atoms with Crippen LogP contribution in [0, 0.1) is 0 Å². The Kier molecular flexibility index (Phi) is 5.27. The summed E-state index contributed by atoms with van der Waals surface area (Å²) in [6.45, 7) is 4.54. The molecule has 28 heavy (non-hydrogen) atoms. The molecular weight excluding hydrogens is 348 g/mol. The van der Waals surface area contributed by atoms with Crippen molar-refractivity contribution in [1.82, 2.24) is 5.32 Å². The van der Waals surface area contributed by atoms with Gasteiger partial charge >= 0.3 is 0 Å². The number of hydrogen-bond donors (Lipinski definition) is 1. The smallest absolute Gasteiger partial charge is 0.129 e. The third-order valence-corrected chi connectivity index (χ3v) is 5.47. The normalized spacial score (nSPS) is 14.9. The van der Waals surface area contributed by atoms with Gasteiger partial charge < -0.3 is 9.47 Å². The molecule has 4 nitrogen and oxygen atoms in total. The van der Waals surface area contributed by atoms with Crippen LogP contribution in [0.25, 0.3) is 32.3 Å². The Labute approximate surface area is 165 Å². The minimum Gasteiger partial charge on any atom is -0.367 e. The van der Waals surface area contributed by atoms with E-state index in [0.29, 0.717) is 6.54 Å². The van der Waals surface area contributed by atoms with E-state index in [9.17, 15) is 0 Å². The molecule has 0 saturated heterocycles. The molecule has 0 fully saturated rings. The Morgan fingerprint density at radius 1 is 0.893 bits per heavy atom. The van der Waals surface area contributed by atoms with Crippen LogP contribution in [0.2, 0.25) is 0 Å². The number of nitrogens with one attached hydrogen (secondary N) is 1. The summed E-state index contributed by atoms with van der Waals surface area (Å²) in [5.41, 5.74) is 2.17. The van der Waals surface area contributed by atoms with Gasteiger partial charge in [0.05, 0.1) is 6.54 Å². The van der Waals surface area contributed by atoms with Crippen LogP contribution >= 0.6 is 0 Å². The van der Waals surface area contributed by atoms with Crippen molar-refractivity contribution in [2.24, 2.45) is 4.99 Å². The molecule has 0 aliphatic carbocycles. The van der Waals surface area contributed by atoms with Crippen LogP contribution in [0.5, 0.6) is 0 Å². The summed E-state index contributed by atoms with van der Waals surface area (Å²) in [4.78, 5) is 4.81. The molecule has 144 valence electrons. The van der Waals surface area contributed by atoms with Crippen LogP contribution in [-0.4, -0.2) is 38.9 Å². The first-order valence-electron chi connectivity index (χ1n) is 9.62. The topological polar surface area (TPSA) is 42.8 Å². The van der Waals surface area contributed by atoms with Gasteiger partial charge in [-0.1, -0.05) is 54.6 Å². The monoisotopic (exact) mass is 374 g/mol. The molecule has 4 aromatic carbocycles. The molecule has 4 aromatic rings. The van der Waals surface area contributed by atoms with Gasteiger partial charge in [0.2, 0.25) is 0 Å². The lowest BCUT2D eigenvalue weighted by Gasteiger charge is -2.20. The van der Waals surface area contributed by atoms with E-state index in [2.05, 4.69) is 66.8 Å². The highest BCUT2D eigenvalue weighted by molar-refractivity contribution is 6.26. The van der Waals surface area contributed by atoms with Crippen molar-refractivity contribution in [2.75, 3.05) is 20.8 Å². The maximum atomic E-state index is 5.49. The molecule has 0 saturated carbocycles. The second-order valence-electron chi connectivity index (χ2n) is 7.16. The zero-order chi connectivity index (χ0) is 19.7. The molecule has 0 amide bonds. The first-order valence-corrected chi connectivity index (χ1v) is 9.62. The SMILES string of the molecule is COC(C)NC(CN=C(C)c1ccc2ccc3cccc4ccc1c2c34)OC. The van der Waals surface area contributed by atoms with E-state index in [1.165, 1.54) is 37.9 Å². The van der Waals surface area contributed by atoms with Gasteiger partial charge in [-0.2, -0.15) is 0 Å². The van der Waals surface area contributed by atoms with Crippen LogP contribution in [0.3, 0.4) is 0 Å². The highest BCUT2D eigenvalue weighted by Gasteiger charge is 2.13. The summed E-state index contributed by atoms with van der Waals surface area (Å²) in [7, 11) is 3.35. The van der Waals surface area contributed by atoms with Gasteiger partial charge in [0.1, 0.15) is 12.5 Å². The molecular formula is C24H26N2O2. The van der Waals surface area contributed by atoms with E-state index < -0.39 is 0 Å². The zero-order valence-electron chi connectivity index (χ0n) is 16.8. The lowest BCUT2D eigenvalue weighted by atomic mass is 9.91. The molecule has 1 N–H and O–H groups in total. The summed E-state index contributed by atoms with van der Waals surface area (Å²) in [6, 6.07) is 19.7. The minimum atomic E-state index is -0.190. The average Bonchev–Trinajstić information content (AvgIpc) is 2.74. The van der Waals surface area contributed by atoms with Crippen molar-refractivity contribution in [2.45, 2.75) is 26.3 Å². The maximum Gasteiger partial charge on any atom is 0.129 e. The second kappa shape index (κ2) is 7.84. The van der Waals surface area contributed by atoms with Crippen molar-refractivity contribution in [1.29, 1.82) is 0 Å². The number of rotatable bonds is 7. The van der Waals surface area contributed by atoms with E-state index in [1.807, 2.05) is 6.92 Å². The molecule has 4 heteroatoms. The van der Waals surface area contributed by atoms with Crippen LogP contribution in [0.15, 0.2) is 59.6 Å². The number of hydrogen-bond acceptors (Lipinski definition) is 4. The number of nitrogens with zero attached hydrogens (tertiary/aromatic N) is 1. The predicted octanol–water partition coefficient (Wildman–Crippen LogP) is 4.95. The standard InChI is InChI=1S/C24H26N2O2/c1-15(25-14-22(28-4)26-16(2)27-3)20-12-10-19-9-8-17-6-5-7-18-11-13-21(20)24(19)23(17)18/h5-13,16,22,26H,14H2,1-4H3. The lowest BCUT2D eigenvalue weighted by molar-refractivity contribution is 0.00359. The summed E-state index contributed by atoms with van der Waals surface area (Å²) in [5, 5.41) is 11.0. The summed E-state index contributed by atoms with van der Waals surface area (Å²) in [5.74, 6) is 0. The summed E-state index contributed by atoms with van der Waals surface area (Å²) < 4.78 is 10.7. The largest absolute Gasteiger partial charge is 0.367 e. The fourth-order valence-electron chi connectivity index (χ4n) is 3.88. The molecule has 0 aliphatic rings. The van der Waals surface area contributed by atoms with Crippen LogP contribution in [-0.2, 0) is 9.47 Å². The van der Waals surface area contributed by atoms with E-state index in [-0.39, 0.29) is 12.5 Å². The van der Waals surface area contributed by atoms with Gasteiger partial charge in [-0.05, 0) is 46.2 Å². The first kappa shape index (κ1) is 18.8. The van der Waals surface area contributed by atoms with Gasteiger partial charge in [-0.15, -0.1) is 0 Å². The third-order valence-electron chi connectivity index (χ3n) is 5.47. The highest BCUT2D eigenvalue weighted by Crippen LogP contribution is 2.36. The predicted molar refractivity (Wildman–Crippen MR) is 118 cm³/mol. The van der Waals surface area contributed by atoms with Crippen molar-refractivity contribution >= 4 is 38.0 Å². The fraction of sp³-hybridized carbons (Fsp3) is 0.292. The quantitative estimate of drug-likeness (QED) is 0.283. The maximum absolute atomic E-state index is 5.49. The molecule has 0 heterocycles. The molecule has 0 bridgehead atoms. The summed E-state index contributed by atoms with van der Waals surface area (Å²) >= 11 is 0. The van der Waals surface area contributed by atoms with Crippen molar-refractivity contribution in [3.63, 3.8) is 0 Å². The molecule has 0 spiro atoms. The van der Waals surface area contributed by atoms with Crippen LogP contribution in [0.1, 0.15) is 19.4 Å². The molecule has 2 unspecified atom stereocenters. The first-order chi connectivity index (χ1) is 13.6. The number of ether oxygens (including phenoxy) is 2. The fourth-order valence-corrected chi connectivity index (χ4v) is 3.88. The minimum absolute atomic E-state index is 0.0880. The molecule has 4 rings (SSSR count). The Morgan fingerprint density at radius 2 is 1.54 bits per heavy atom. The Hall–Kier alpha value is -2.53. The molecule has 0 radical (unpaired) electrons. The molecule has 0 aliphatic heterocycles. The molecule has 0 aromatic heterocycles. The molecule has 2 atom stereocenters. The van der Waals surface area contributed by atoms with Crippen molar-refractivity contribution < 1.29 is 9.47 Å². The van der Waals surface area contributed by atoms with Crippen molar-refractivity contribution in [3.05, 3.63) is 60.2 Å². The Bertz CT molecular complexity index is 1120. The van der Waals surface area contributed by atoms with E-state index in [1.54, 1.807) is 14.2 Å². The average molecular weight is 374 g/mol. The van der Waals surface area contributed by atoms with E-state index >= 15 is 0 Å². The van der Waals surface area contributed by atoms with Gasteiger partial charge in [0.25, 0.3) is 0 Å². The Morgan fingerprint density at radius 3 is 2.21 bits per heavy atom. The number of benzene rings is 4. The Balaban J connectivity index is 1.76. The number of aliphatic imine (C=N–C) groups is 1. The van der Waals surface area contributed by atoms with Crippen molar-refractivity contribution in [3.8, 4) is 0 Å². The van der Waals surface area contributed by atoms with Gasteiger partial charge in [0, 0.05) is 25.5 Å². The van der Waals surface area contributed by atoms with E-state index in [4.69, 9.17) is 14.5 Å². The lowest BCUT2D eigenvalue weighted by Crippen LogP contribution is -2.40. The van der Waals surface area contributed by atoms with E-state index in [0.717, 1.165) is 5.71 Å². The summed E-state index contributed by atoms with van der Waals surface area (Å²) in [6.07, 6.45) is -0.278. The van der Waals surface area contributed by atoms with Crippen LogP contribution < -0.4 is 5.32 Å². The highest BCUT2D eigenvalue weighted by atomic mass is 16.5. The number of methoxy groups -OCH3 is 2. The van der Waals surface area contributed by atoms with Crippen LogP contribution in [0.4, 0.5) is 0 Å². The second-order valence-corrected chi connectivity index (χ2v) is 7.16. The zero-order valence-corrected chi connectivity index (χ0v) is 16.8. The van der Waals surface area contributed by atoms with Gasteiger partial charge in [-0.3, -0.25) is 10.3 Å². The van der Waals surface area contributed by atoms with Gasteiger partial charge in [-0.25, -0.2) is 0 Å². The third kappa shape index (κ3) is 3.35. The van der Waals surface area contributed by atoms with Gasteiger partial charge in [0.15, 0.2) is 0 Å².